The zero-order valence-corrected chi connectivity index (χ0v) is 19.6. The monoisotopic (exact) mass is 434 g/mol. The summed E-state index contributed by atoms with van der Waals surface area (Å²) in [5.74, 6) is 0.732. The van der Waals surface area contributed by atoms with Crippen molar-refractivity contribution in [3.8, 4) is 0 Å². The van der Waals surface area contributed by atoms with Gasteiger partial charge in [0.25, 0.3) is 5.56 Å². The largest absolute Gasteiger partial charge is 0.332 e. The molecule has 0 saturated carbocycles. The van der Waals surface area contributed by atoms with Gasteiger partial charge in [0.05, 0.1) is 23.5 Å². The lowest BCUT2D eigenvalue weighted by Crippen LogP contribution is -2.41. The van der Waals surface area contributed by atoms with E-state index >= 15 is 0 Å². The fourth-order valence-corrected chi connectivity index (χ4v) is 3.88. The van der Waals surface area contributed by atoms with Crippen LogP contribution in [0.4, 0.5) is 0 Å². The highest BCUT2D eigenvalue weighted by molar-refractivity contribution is 5.78. The van der Waals surface area contributed by atoms with Crippen LogP contribution in [0.1, 0.15) is 50.5 Å². The fourth-order valence-electron chi connectivity index (χ4n) is 3.88. The first-order valence-electron chi connectivity index (χ1n) is 11.4. The maximum absolute atomic E-state index is 13.5. The second-order valence-electron chi connectivity index (χ2n) is 8.53. The number of carbonyl (C=O) groups is 1. The lowest BCUT2D eigenvalue weighted by Gasteiger charge is -2.31. The van der Waals surface area contributed by atoms with Crippen molar-refractivity contribution in [3.05, 3.63) is 76.3 Å². The molecular formula is C26H34N4O2. The average molecular weight is 435 g/mol. The molecule has 6 nitrogen and oxygen atoms in total. The zero-order chi connectivity index (χ0) is 23.1. The molecule has 1 atom stereocenters. The molecule has 0 N–H and O–H groups in total. The van der Waals surface area contributed by atoms with E-state index in [4.69, 9.17) is 4.98 Å². The quantitative estimate of drug-likeness (QED) is 0.482. The highest BCUT2D eigenvalue weighted by Crippen LogP contribution is 2.22. The number of unbranched alkanes of at least 4 members (excludes halogenated alkanes) is 1. The normalized spacial score (nSPS) is 12.3. The summed E-state index contributed by atoms with van der Waals surface area (Å²) < 4.78 is 1.73. The first-order chi connectivity index (χ1) is 15.4. The molecule has 1 aromatic heterocycles. The third-order valence-corrected chi connectivity index (χ3v) is 5.77. The number of rotatable bonds is 10. The number of hydrogen-bond donors (Lipinski definition) is 0. The van der Waals surface area contributed by atoms with Crippen molar-refractivity contribution in [1.82, 2.24) is 19.4 Å². The summed E-state index contributed by atoms with van der Waals surface area (Å²) in [7, 11) is 4.00. The number of hydrogen-bond acceptors (Lipinski definition) is 4. The Balaban J connectivity index is 2.09. The molecule has 6 heteroatoms. The highest BCUT2D eigenvalue weighted by Gasteiger charge is 2.26. The number of para-hydroxylation sites is 1. The first kappa shape index (κ1) is 23.7. The van der Waals surface area contributed by atoms with Crippen LogP contribution >= 0.6 is 0 Å². The van der Waals surface area contributed by atoms with E-state index in [1.807, 2.05) is 80.5 Å². The standard InChI is InChI=1S/C26H34N4O2/c1-5-6-16-24(31)29(18-17-28(3)4)20(2)25-27-23-15-11-10-14-22(23)26(32)30(25)19-21-12-8-7-9-13-21/h7-15,20H,5-6,16-19H2,1-4H3. The summed E-state index contributed by atoms with van der Waals surface area (Å²) >= 11 is 0. The summed E-state index contributed by atoms with van der Waals surface area (Å²) in [6.07, 6.45) is 2.32. The van der Waals surface area contributed by atoms with E-state index in [1.54, 1.807) is 4.57 Å². The van der Waals surface area contributed by atoms with E-state index in [0.29, 0.717) is 36.2 Å². The molecule has 170 valence electrons. The summed E-state index contributed by atoms with van der Waals surface area (Å²) in [5.41, 5.74) is 1.62. The van der Waals surface area contributed by atoms with Crippen molar-refractivity contribution < 1.29 is 4.79 Å². The van der Waals surface area contributed by atoms with Crippen molar-refractivity contribution in [2.45, 2.75) is 45.7 Å². The number of amides is 1. The van der Waals surface area contributed by atoms with Gasteiger partial charge in [0.2, 0.25) is 5.91 Å². The Morgan fingerprint density at radius 2 is 1.72 bits per heavy atom. The molecular weight excluding hydrogens is 400 g/mol. The Morgan fingerprint density at radius 1 is 1.03 bits per heavy atom. The highest BCUT2D eigenvalue weighted by atomic mass is 16.2. The summed E-state index contributed by atoms with van der Waals surface area (Å²) in [4.78, 5) is 35.5. The molecule has 3 rings (SSSR count). The van der Waals surface area contributed by atoms with Gasteiger partial charge in [0.1, 0.15) is 5.82 Å². The van der Waals surface area contributed by atoms with Crippen LogP contribution in [0.5, 0.6) is 0 Å². The molecule has 0 aliphatic carbocycles. The Labute approximate surface area is 190 Å². The Morgan fingerprint density at radius 3 is 2.41 bits per heavy atom. The number of likely N-dealkylation sites (N-methyl/N-ethyl adjacent to an activating group) is 1. The predicted octanol–water partition coefficient (Wildman–Crippen LogP) is 4.09. The number of fused-ring (bicyclic) bond motifs is 1. The maximum atomic E-state index is 13.5. The van der Waals surface area contributed by atoms with Gasteiger partial charge >= 0.3 is 0 Å². The fraction of sp³-hybridized carbons (Fsp3) is 0.423. The minimum atomic E-state index is -0.319. The van der Waals surface area contributed by atoms with Crippen molar-refractivity contribution in [2.24, 2.45) is 0 Å². The summed E-state index contributed by atoms with van der Waals surface area (Å²) in [6, 6.07) is 17.0. The molecule has 0 spiro atoms. The van der Waals surface area contributed by atoms with Crippen LogP contribution in [-0.4, -0.2) is 52.4 Å². The van der Waals surface area contributed by atoms with Crippen molar-refractivity contribution in [1.29, 1.82) is 0 Å². The first-order valence-corrected chi connectivity index (χ1v) is 11.4. The Bertz CT molecular complexity index is 1090. The van der Waals surface area contributed by atoms with Crippen LogP contribution < -0.4 is 5.56 Å². The zero-order valence-electron chi connectivity index (χ0n) is 19.6. The smallest absolute Gasteiger partial charge is 0.261 e. The van der Waals surface area contributed by atoms with E-state index in [1.165, 1.54) is 0 Å². The van der Waals surface area contributed by atoms with Gasteiger partial charge < -0.3 is 9.80 Å². The molecule has 1 heterocycles. The van der Waals surface area contributed by atoms with Gasteiger partial charge in [-0.25, -0.2) is 4.98 Å². The Hall–Kier alpha value is -2.99. The SMILES string of the molecule is CCCCC(=O)N(CCN(C)C)C(C)c1nc2ccccc2c(=O)n1Cc1ccccc1. The molecule has 3 aromatic rings. The second kappa shape index (κ2) is 11.0. The minimum absolute atomic E-state index is 0.0742. The van der Waals surface area contributed by atoms with E-state index in [9.17, 15) is 9.59 Å². The van der Waals surface area contributed by atoms with Gasteiger partial charge in [-0.1, -0.05) is 55.8 Å². The topological polar surface area (TPSA) is 58.4 Å². The lowest BCUT2D eigenvalue weighted by atomic mass is 10.1. The molecule has 1 amide bonds. The van der Waals surface area contributed by atoms with E-state index in [2.05, 4.69) is 11.8 Å². The molecule has 0 bridgehead atoms. The van der Waals surface area contributed by atoms with Crippen LogP contribution in [-0.2, 0) is 11.3 Å². The molecule has 0 aliphatic rings. The van der Waals surface area contributed by atoms with Crippen LogP contribution in [0, 0.1) is 0 Å². The number of benzene rings is 2. The van der Waals surface area contributed by atoms with Crippen LogP contribution in [0.3, 0.4) is 0 Å². The van der Waals surface area contributed by atoms with Crippen LogP contribution in [0.25, 0.3) is 10.9 Å². The third kappa shape index (κ3) is 5.62. The third-order valence-electron chi connectivity index (χ3n) is 5.77. The molecule has 0 saturated heterocycles. The van der Waals surface area contributed by atoms with E-state index < -0.39 is 0 Å². The molecule has 1 unspecified atom stereocenters. The summed E-state index contributed by atoms with van der Waals surface area (Å²) in [5, 5.41) is 0.594. The number of aromatic nitrogens is 2. The number of carbonyl (C=O) groups excluding carboxylic acids is 1. The van der Waals surface area contributed by atoms with Gasteiger partial charge in [-0.05, 0) is 45.1 Å². The van der Waals surface area contributed by atoms with Crippen LogP contribution in [0.2, 0.25) is 0 Å². The second-order valence-corrected chi connectivity index (χ2v) is 8.53. The van der Waals surface area contributed by atoms with Gasteiger partial charge in [-0.2, -0.15) is 0 Å². The molecule has 0 aliphatic heterocycles. The van der Waals surface area contributed by atoms with Crippen molar-refractivity contribution in [3.63, 3.8) is 0 Å². The molecule has 0 fully saturated rings. The Kier molecular flexibility index (Phi) is 8.17. The van der Waals surface area contributed by atoms with Gasteiger partial charge in [0, 0.05) is 19.5 Å². The van der Waals surface area contributed by atoms with E-state index in [-0.39, 0.29) is 17.5 Å². The lowest BCUT2D eigenvalue weighted by molar-refractivity contribution is -0.133. The molecule has 2 aromatic carbocycles. The minimum Gasteiger partial charge on any atom is -0.332 e. The molecule has 0 radical (unpaired) electrons. The molecule has 32 heavy (non-hydrogen) atoms. The number of nitrogens with zero attached hydrogens (tertiary/aromatic N) is 4. The maximum Gasteiger partial charge on any atom is 0.261 e. The predicted molar refractivity (Wildman–Crippen MR) is 130 cm³/mol. The van der Waals surface area contributed by atoms with Gasteiger partial charge in [-0.3, -0.25) is 14.2 Å². The van der Waals surface area contributed by atoms with Crippen LogP contribution in [0.15, 0.2) is 59.4 Å². The van der Waals surface area contributed by atoms with Gasteiger partial charge in [0.15, 0.2) is 0 Å². The summed E-state index contributed by atoms with van der Waals surface area (Å²) in [6.45, 7) is 5.83. The van der Waals surface area contributed by atoms with Gasteiger partial charge in [-0.15, -0.1) is 0 Å². The van der Waals surface area contributed by atoms with Crippen molar-refractivity contribution >= 4 is 16.8 Å². The van der Waals surface area contributed by atoms with E-state index in [0.717, 1.165) is 24.9 Å². The average Bonchev–Trinajstić information content (AvgIpc) is 2.79. The van der Waals surface area contributed by atoms with Crippen molar-refractivity contribution in [2.75, 3.05) is 27.2 Å².